The number of nitrogens with one attached hydrogen (secondary N) is 1. The molecule has 0 fully saturated rings. The molecular weight excluding hydrogens is 362 g/mol. The maximum absolute atomic E-state index is 12.1. The standard InChI is InChI=1S/C19H23N5O4/c1-19(2,3)18-21-14(23-28-18)9-10-20-15(25)11-16-22-17(24-27-16)12-5-7-13(26-4)8-6-12/h5-8H,9-11H2,1-4H3,(H,20,25). The zero-order valence-electron chi connectivity index (χ0n) is 16.4. The van der Waals surface area contributed by atoms with Crippen LogP contribution >= 0.6 is 0 Å². The summed E-state index contributed by atoms with van der Waals surface area (Å²) >= 11 is 0. The van der Waals surface area contributed by atoms with Gasteiger partial charge in [0.25, 0.3) is 0 Å². The molecule has 0 saturated heterocycles. The topological polar surface area (TPSA) is 116 Å². The largest absolute Gasteiger partial charge is 0.497 e. The molecule has 148 valence electrons. The van der Waals surface area contributed by atoms with E-state index in [2.05, 4.69) is 25.6 Å². The highest BCUT2D eigenvalue weighted by Gasteiger charge is 2.21. The monoisotopic (exact) mass is 385 g/mol. The molecule has 0 aliphatic heterocycles. The van der Waals surface area contributed by atoms with Crippen molar-refractivity contribution < 1.29 is 18.6 Å². The summed E-state index contributed by atoms with van der Waals surface area (Å²) in [6, 6.07) is 7.26. The minimum absolute atomic E-state index is 0.00262. The zero-order valence-corrected chi connectivity index (χ0v) is 16.4. The number of carbonyl (C=O) groups excluding carboxylic acids is 1. The van der Waals surface area contributed by atoms with Crippen molar-refractivity contribution in [3.63, 3.8) is 0 Å². The lowest BCUT2D eigenvalue weighted by molar-refractivity contribution is -0.120. The molecule has 1 N–H and O–H groups in total. The maximum Gasteiger partial charge on any atom is 0.236 e. The molecule has 9 heteroatoms. The van der Waals surface area contributed by atoms with Gasteiger partial charge in [0.2, 0.25) is 23.5 Å². The zero-order chi connectivity index (χ0) is 20.1. The molecule has 2 aromatic heterocycles. The summed E-state index contributed by atoms with van der Waals surface area (Å²) < 4.78 is 15.5. The number of nitrogens with zero attached hydrogens (tertiary/aromatic N) is 4. The van der Waals surface area contributed by atoms with Gasteiger partial charge in [-0.3, -0.25) is 4.79 Å². The van der Waals surface area contributed by atoms with E-state index in [0.29, 0.717) is 30.5 Å². The van der Waals surface area contributed by atoms with Crippen molar-refractivity contribution in [2.24, 2.45) is 0 Å². The molecule has 0 aliphatic carbocycles. The predicted octanol–water partition coefficient (Wildman–Crippen LogP) is 2.33. The molecule has 0 aliphatic rings. The van der Waals surface area contributed by atoms with Gasteiger partial charge >= 0.3 is 0 Å². The van der Waals surface area contributed by atoms with E-state index in [0.717, 1.165) is 11.3 Å². The molecule has 1 aromatic carbocycles. The second-order valence-corrected chi connectivity index (χ2v) is 7.28. The van der Waals surface area contributed by atoms with E-state index in [-0.39, 0.29) is 23.6 Å². The van der Waals surface area contributed by atoms with Crippen molar-refractivity contribution in [2.45, 2.75) is 39.0 Å². The first kappa shape index (κ1) is 19.5. The van der Waals surface area contributed by atoms with Crippen molar-refractivity contribution in [1.29, 1.82) is 0 Å². The number of hydrogen-bond donors (Lipinski definition) is 1. The molecule has 0 radical (unpaired) electrons. The number of ether oxygens (including phenoxy) is 1. The van der Waals surface area contributed by atoms with Gasteiger partial charge in [0.05, 0.1) is 7.11 Å². The van der Waals surface area contributed by atoms with Crippen LogP contribution in [0.5, 0.6) is 5.75 Å². The molecule has 0 saturated carbocycles. The van der Waals surface area contributed by atoms with Crippen molar-refractivity contribution in [3.8, 4) is 17.1 Å². The van der Waals surface area contributed by atoms with Gasteiger partial charge in [0.1, 0.15) is 12.2 Å². The normalized spacial score (nSPS) is 11.4. The van der Waals surface area contributed by atoms with Crippen LogP contribution in [0.1, 0.15) is 38.4 Å². The Kier molecular flexibility index (Phi) is 5.72. The van der Waals surface area contributed by atoms with Gasteiger partial charge < -0.3 is 19.1 Å². The van der Waals surface area contributed by atoms with E-state index >= 15 is 0 Å². The van der Waals surface area contributed by atoms with Gasteiger partial charge in [-0.25, -0.2) is 0 Å². The molecule has 3 aromatic rings. The van der Waals surface area contributed by atoms with Crippen molar-refractivity contribution >= 4 is 5.91 Å². The summed E-state index contributed by atoms with van der Waals surface area (Å²) in [5.74, 6) is 2.33. The summed E-state index contributed by atoms with van der Waals surface area (Å²) in [4.78, 5) is 20.7. The van der Waals surface area contributed by atoms with E-state index in [1.54, 1.807) is 19.2 Å². The first-order valence-corrected chi connectivity index (χ1v) is 8.92. The average molecular weight is 385 g/mol. The SMILES string of the molecule is COc1ccc(-c2noc(CC(=O)NCCc3noc(C(C)(C)C)n3)n2)cc1. The molecular formula is C19H23N5O4. The summed E-state index contributed by atoms with van der Waals surface area (Å²) in [5.41, 5.74) is 0.580. The number of hydrogen-bond acceptors (Lipinski definition) is 8. The van der Waals surface area contributed by atoms with Crippen LogP contribution in [0.15, 0.2) is 33.3 Å². The third-order valence-corrected chi connectivity index (χ3v) is 3.91. The van der Waals surface area contributed by atoms with Crippen LogP contribution in [0.25, 0.3) is 11.4 Å². The van der Waals surface area contributed by atoms with Crippen LogP contribution in [0, 0.1) is 0 Å². The third-order valence-electron chi connectivity index (χ3n) is 3.91. The maximum atomic E-state index is 12.1. The van der Waals surface area contributed by atoms with Crippen LogP contribution in [0.4, 0.5) is 0 Å². The minimum Gasteiger partial charge on any atom is -0.497 e. The Bertz CT molecular complexity index is 924. The highest BCUT2D eigenvalue weighted by molar-refractivity contribution is 5.77. The Balaban J connectivity index is 1.48. The lowest BCUT2D eigenvalue weighted by Crippen LogP contribution is -2.27. The van der Waals surface area contributed by atoms with E-state index in [1.165, 1.54) is 0 Å². The van der Waals surface area contributed by atoms with E-state index < -0.39 is 0 Å². The lowest BCUT2D eigenvalue weighted by atomic mass is 9.97. The van der Waals surface area contributed by atoms with Gasteiger partial charge in [-0.05, 0) is 24.3 Å². The molecule has 28 heavy (non-hydrogen) atoms. The van der Waals surface area contributed by atoms with Gasteiger partial charge in [0.15, 0.2) is 5.82 Å². The second-order valence-electron chi connectivity index (χ2n) is 7.28. The number of amides is 1. The van der Waals surface area contributed by atoms with E-state index in [4.69, 9.17) is 13.8 Å². The third kappa shape index (κ3) is 4.93. The fraction of sp³-hybridized carbons (Fsp3) is 0.421. The van der Waals surface area contributed by atoms with E-state index in [1.807, 2.05) is 32.9 Å². The molecule has 0 atom stereocenters. The van der Waals surface area contributed by atoms with Crippen LogP contribution in [-0.2, 0) is 23.1 Å². The van der Waals surface area contributed by atoms with Crippen molar-refractivity contribution in [1.82, 2.24) is 25.6 Å². The van der Waals surface area contributed by atoms with Gasteiger partial charge in [-0.1, -0.05) is 31.1 Å². The second kappa shape index (κ2) is 8.20. The minimum atomic E-state index is -0.218. The Labute approximate surface area is 162 Å². The highest BCUT2D eigenvalue weighted by atomic mass is 16.5. The summed E-state index contributed by atoms with van der Waals surface area (Å²) in [6.45, 7) is 6.38. The molecule has 0 bridgehead atoms. The molecule has 1 amide bonds. The van der Waals surface area contributed by atoms with Gasteiger partial charge in [0, 0.05) is 23.9 Å². The van der Waals surface area contributed by atoms with Crippen molar-refractivity contribution in [2.75, 3.05) is 13.7 Å². The first-order chi connectivity index (χ1) is 13.3. The number of aromatic nitrogens is 4. The highest BCUT2D eigenvalue weighted by Crippen LogP contribution is 2.20. The lowest BCUT2D eigenvalue weighted by Gasteiger charge is -2.10. The van der Waals surface area contributed by atoms with Gasteiger partial charge in [-0.15, -0.1) is 0 Å². The fourth-order valence-corrected chi connectivity index (χ4v) is 2.36. The average Bonchev–Trinajstić information content (AvgIpc) is 3.31. The van der Waals surface area contributed by atoms with Crippen LogP contribution in [-0.4, -0.2) is 39.8 Å². The molecule has 0 unspecified atom stereocenters. The number of benzene rings is 1. The Morgan fingerprint density at radius 3 is 2.50 bits per heavy atom. The van der Waals surface area contributed by atoms with Crippen molar-refractivity contribution in [3.05, 3.63) is 41.9 Å². The van der Waals surface area contributed by atoms with Gasteiger partial charge in [-0.2, -0.15) is 9.97 Å². The Morgan fingerprint density at radius 1 is 1.11 bits per heavy atom. The quantitative estimate of drug-likeness (QED) is 0.659. The summed E-state index contributed by atoms with van der Waals surface area (Å²) in [7, 11) is 1.60. The molecule has 3 rings (SSSR count). The molecule has 2 heterocycles. The summed E-state index contributed by atoms with van der Waals surface area (Å²) in [6.07, 6.45) is 0.481. The number of rotatable bonds is 7. The van der Waals surface area contributed by atoms with E-state index in [9.17, 15) is 4.79 Å². The number of carbonyl (C=O) groups is 1. The number of methoxy groups -OCH3 is 1. The van der Waals surface area contributed by atoms with Crippen LogP contribution in [0.3, 0.4) is 0 Å². The Hall–Kier alpha value is -3.23. The molecule has 9 nitrogen and oxygen atoms in total. The fourth-order valence-electron chi connectivity index (χ4n) is 2.36. The molecule has 0 spiro atoms. The van der Waals surface area contributed by atoms with Crippen LogP contribution < -0.4 is 10.1 Å². The first-order valence-electron chi connectivity index (χ1n) is 8.92. The summed E-state index contributed by atoms with van der Waals surface area (Å²) in [5, 5.41) is 10.6. The smallest absolute Gasteiger partial charge is 0.236 e. The van der Waals surface area contributed by atoms with Crippen LogP contribution in [0.2, 0.25) is 0 Å². The Morgan fingerprint density at radius 2 is 1.86 bits per heavy atom. The predicted molar refractivity (Wildman–Crippen MR) is 99.7 cm³/mol.